The first-order valence-corrected chi connectivity index (χ1v) is 10.2. The Bertz CT molecular complexity index is 979. The van der Waals surface area contributed by atoms with Crippen LogP contribution in [0.3, 0.4) is 0 Å². The lowest BCUT2D eigenvalue weighted by atomic mass is 10.2. The summed E-state index contributed by atoms with van der Waals surface area (Å²) in [5, 5.41) is 0.673. The molecule has 160 valence electrons. The van der Waals surface area contributed by atoms with Gasteiger partial charge in [-0.2, -0.15) is 8.78 Å². The third-order valence-corrected chi connectivity index (χ3v) is 5.49. The molecular formula is C21H23F2N3O3S. The average Bonchev–Trinajstić information content (AvgIpc) is 3.12. The number of amides is 1. The molecule has 0 aliphatic carbocycles. The number of para-hydroxylation sites is 1. The largest absolute Gasteiger partial charge is 0.493 e. The lowest BCUT2D eigenvalue weighted by molar-refractivity contribution is -0.119. The van der Waals surface area contributed by atoms with Crippen LogP contribution in [0.15, 0.2) is 42.5 Å². The molecule has 30 heavy (non-hydrogen) atoms. The molecule has 0 fully saturated rings. The maximum Gasteiger partial charge on any atom is 0.387 e. The number of methoxy groups -OCH3 is 1. The van der Waals surface area contributed by atoms with Gasteiger partial charge in [-0.25, -0.2) is 4.98 Å². The van der Waals surface area contributed by atoms with Gasteiger partial charge in [0.25, 0.3) is 0 Å². The molecule has 3 aromatic rings. The lowest BCUT2D eigenvalue weighted by Gasteiger charge is -2.22. The van der Waals surface area contributed by atoms with Crippen molar-refractivity contribution in [3.05, 3.63) is 48.0 Å². The number of rotatable bonds is 9. The van der Waals surface area contributed by atoms with E-state index in [1.54, 1.807) is 17.0 Å². The Hall–Kier alpha value is -2.78. The van der Waals surface area contributed by atoms with E-state index in [2.05, 4.69) is 9.72 Å². The van der Waals surface area contributed by atoms with Crippen molar-refractivity contribution in [1.82, 2.24) is 9.88 Å². The third kappa shape index (κ3) is 5.22. The summed E-state index contributed by atoms with van der Waals surface area (Å²) in [4.78, 5) is 21.0. The second-order valence-electron chi connectivity index (χ2n) is 6.64. The first-order chi connectivity index (χ1) is 14.4. The van der Waals surface area contributed by atoms with Gasteiger partial charge in [0.2, 0.25) is 5.91 Å². The highest BCUT2D eigenvalue weighted by atomic mass is 32.1. The van der Waals surface area contributed by atoms with Gasteiger partial charge in [-0.15, -0.1) is 0 Å². The Morgan fingerprint density at radius 1 is 1.20 bits per heavy atom. The van der Waals surface area contributed by atoms with Gasteiger partial charge < -0.3 is 9.47 Å². The van der Waals surface area contributed by atoms with Gasteiger partial charge in [0, 0.05) is 13.1 Å². The summed E-state index contributed by atoms with van der Waals surface area (Å²) >= 11 is 1.48. The number of anilines is 1. The van der Waals surface area contributed by atoms with Crippen molar-refractivity contribution in [2.75, 3.05) is 32.1 Å². The Kier molecular flexibility index (Phi) is 7.17. The molecule has 0 saturated heterocycles. The molecule has 2 aromatic carbocycles. The average molecular weight is 435 g/mol. The molecule has 1 amide bonds. The van der Waals surface area contributed by atoms with Crippen LogP contribution in [0.1, 0.15) is 12.5 Å². The van der Waals surface area contributed by atoms with Crippen LogP contribution in [-0.2, 0) is 11.3 Å². The van der Waals surface area contributed by atoms with Gasteiger partial charge in [-0.05, 0) is 43.8 Å². The molecule has 1 aromatic heterocycles. The predicted octanol–water partition coefficient (Wildman–Crippen LogP) is 4.39. The fourth-order valence-electron chi connectivity index (χ4n) is 3.08. The van der Waals surface area contributed by atoms with E-state index in [1.165, 1.54) is 24.5 Å². The van der Waals surface area contributed by atoms with Crippen LogP contribution >= 0.6 is 11.3 Å². The second kappa shape index (κ2) is 9.82. The van der Waals surface area contributed by atoms with Crippen LogP contribution in [0.4, 0.5) is 13.9 Å². The van der Waals surface area contributed by atoms with Crippen LogP contribution in [0.5, 0.6) is 11.5 Å². The molecule has 1 heterocycles. The van der Waals surface area contributed by atoms with Gasteiger partial charge in [-0.1, -0.05) is 29.5 Å². The fourth-order valence-corrected chi connectivity index (χ4v) is 4.13. The zero-order valence-corrected chi connectivity index (χ0v) is 17.8. The van der Waals surface area contributed by atoms with Crippen molar-refractivity contribution in [2.45, 2.75) is 20.1 Å². The summed E-state index contributed by atoms with van der Waals surface area (Å²) in [5.41, 5.74) is 1.68. The van der Waals surface area contributed by atoms with Crippen molar-refractivity contribution in [1.29, 1.82) is 0 Å². The van der Waals surface area contributed by atoms with E-state index in [0.717, 1.165) is 15.8 Å². The number of likely N-dealkylation sites (N-methyl/N-ethyl adjacent to an activating group) is 2. The number of carbonyl (C=O) groups is 1. The monoisotopic (exact) mass is 435 g/mol. The summed E-state index contributed by atoms with van der Waals surface area (Å²) in [7, 11) is 3.21. The second-order valence-corrected chi connectivity index (χ2v) is 7.65. The van der Waals surface area contributed by atoms with E-state index in [-0.39, 0.29) is 24.0 Å². The number of nitrogens with zero attached hydrogens (tertiary/aromatic N) is 3. The van der Waals surface area contributed by atoms with Crippen molar-refractivity contribution < 1.29 is 23.0 Å². The number of aromatic nitrogens is 1. The molecule has 0 spiro atoms. The molecule has 0 radical (unpaired) electrons. The van der Waals surface area contributed by atoms with Crippen molar-refractivity contribution in [3.63, 3.8) is 0 Å². The number of alkyl halides is 2. The topological polar surface area (TPSA) is 54.9 Å². The molecule has 0 atom stereocenters. The fraction of sp³-hybridized carbons (Fsp3) is 0.333. The van der Waals surface area contributed by atoms with Gasteiger partial charge in [0.1, 0.15) is 0 Å². The molecule has 0 aliphatic heterocycles. The van der Waals surface area contributed by atoms with Crippen molar-refractivity contribution in [3.8, 4) is 11.5 Å². The molecule has 0 saturated carbocycles. The Balaban J connectivity index is 1.67. The maximum absolute atomic E-state index is 12.9. The third-order valence-electron chi connectivity index (χ3n) is 4.43. The maximum atomic E-state index is 12.9. The van der Waals surface area contributed by atoms with E-state index in [4.69, 9.17) is 4.74 Å². The lowest BCUT2D eigenvalue weighted by Crippen LogP contribution is -2.38. The van der Waals surface area contributed by atoms with Crippen LogP contribution < -0.4 is 14.4 Å². The molecule has 0 unspecified atom stereocenters. The highest BCUT2D eigenvalue weighted by molar-refractivity contribution is 7.22. The van der Waals surface area contributed by atoms with Crippen molar-refractivity contribution >= 4 is 32.6 Å². The first kappa shape index (κ1) is 21.9. The molecule has 0 aliphatic rings. The minimum Gasteiger partial charge on any atom is -0.493 e. The molecule has 3 rings (SSSR count). The number of hydrogen-bond acceptors (Lipinski definition) is 6. The summed E-state index contributed by atoms with van der Waals surface area (Å²) in [6, 6.07) is 12.5. The van der Waals surface area contributed by atoms with E-state index < -0.39 is 6.61 Å². The van der Waals surface area contributed by atoms with Crippen LogP contribution in [0, 0.1) is 0 Å². The number of ether oxygens (including phenoxy) is 2. The Labute approximate surface area is 177 Å². The smallest absolute Gasteiger partial charge is 0.387 e. The predicted molar refractivity (Wildman–Crippen MR) is 114 cm³/mol. The number of thiazole rings is 1. The molecule has 0 N–H and O–H groups in total. The first-order valence-electron chi connectivity index (χ1n) is 9.37. The Morgan fingerprint density at radius 3 is 2.63 bits per heavy atom. The minimum atomic E-state index is -2.92. The van der Waals surface area contributed by atoms with Gasteiger partial charge >= 0.3 is 6.61 Å². The van der Waals surface area contributed by atoms with E-state index >= 15 is 0 Å². The van der Waals surface area contributed by atoms with Gasteiger partial charge in [0.05, 0.1) is 23.9 Å². The minimum absolute atomic E-state index is 0.0250. The number of hydrogen-bond donors (Lipinski definition) is 0. The highest BCUT2D eigenvalue weighted by Gasteiger charge is 2.20. The summed E-state index contributed by atoms with van der Waals surface area (Å²) in [6.45, 7) is 0.124. The van der Waals surface area contributed by atoms with E-state index in [0.29, 0.717) is 18.2 Å². The van der Waals surface area contributed by atoms with Gasteiger partial charge in [-0.3, -0.25) is 14.6 Å². The summed E-state index contributed by atoms with van der Waals surface area (Å²) < 4.78 is 35.6. The number of fused-ring (bicyclic) bond motifs is 1. The normalized spacial score (nSPS) is 11.3. The molecule has 0 bridgehead atoms. The summed E-state index contributed by atoms with van der Waals surface area (Å²) in [6.07, 6.45) is 0. The SMILES string of the molecule is CCN(C(=O)CN(C)Cc1ccc(OC(F)F)c(OC)c1)c1nc2ccccc2s1. The number of carbonyl (C=O) groups excluding carboxylic acids is 1. The quantitative estimate of drug-likeness (QED) is 0.499. The molecule has 6 nitrogen and oxygen atoms in total. The number of halogens is 2. The van der Waals surface area contributed by atoms with Gasteiger partial charge in [0.15, 0.2) is 16.6 Å². The van der Waals surface area contributed by atoms with Crippen LogP contribution in [-0.4, -0.2) is 49.6 Å². The van der Waals surface area contributed by atoms with Crippen molar-refractivity contribution in [2.24, 2.45) is 0 Å². The zero-order chi connectivity index (χ0) is 21.7. The Morgan fingerprint density at radius 2 is 1.97 bits per heavy atom. The number of benzene rings is 2. The summed E-state index contributed by atoms with van der Waals surface area (Å²) in [5.74, 6) is 0.129. The van der Waals surface area contributed by atoms with E-state index in [1.807, 2.05) is 43.1 Å². The van der Waals surface area contributed by atoms with Crippen LogP contribution in [0.2, 0.25) is 0 Å². The standard InChI is InChI=1S/C21H23F2N3O3S/c1-4-26(21-24-15-7-5-6-8-18(15)30-21)19(27)13-25(2)12-14-9-10-16(29-20(22)23)17(11-14)28-3/h5-11,20H,4,12-13H2,1-3H3. The van der Waals surface area contributed by atoms with Crippen LogP contribution in [0.25, 0.3) is 10.2 Å². The van der Waals surface area contributed by atoms with E-state index in [9.17, 15) is 13.6 Å². The molecular weight excluding hydrogens is 412 g/mol. The molecule has 9 heteroatoms. The highest BCUT2D eigenvalue weighted by Crippen LogP contribution is 2.30. The zero-order valence-electron chi connectivity index (χ0n) is 17.0.